The van der Waals surface area contributed by atoms with Crippen LogP contribution in [0.2, 0.25) is 0 Å². The molecular formula is C8H7BrF2O2. The van der Waals surface area contributed by atoms with Crippen LogP contribution in [-0.4, -0.2) is 11.7 Å². The number of rotatable bonds is 2. The van der Waals surface area contributed by atoms with Crippen molar-refractivity contribution in [3.8, 4) is 11.5 Å². The van der Waals surface area contributed by atoms with Crippen LogP contribution in [0.15, 0.2) is 10.5 Å². The van der Waals surface area contributed by atoms with Gasteiger partial charge in [0.1, 0.15) is 0 Å². The molecule has 5 heteroatoms. The number of aromatic hydroxyl groups is 1. The highest BCUT2D eigenvalue weighted by Crippen LogP contribution is 2.34. The van der Waals surface area contributed by atoms with Gasteiger partial charge in [0.2, 0.25) is 11.6 Å². The van der Waals surface area contributed by atoms with Gasteiger partial charge in [-0.1, -0.05) is 0 Å². The Morgan fingerprint density at radius 1 is 1.46 bits per heavy atom. The van der Waals surface area contributed by atoms with Gasteiger partial charge in [-0.2, -0.15) is 8.78 Å². The summed E-state index contributed by atoms with van der Waals surface area (Å²) in [5.41, 5.74) is 0. The Morgan fingerprint density at radius 2 is 2.08 bits per heavy atom. The standard InChI is InChI=1S/C8H7BrF2O2/c1-2-13-5-3-4(9)8(12)7(11)6(5)10/h3,12H,2H2,1H3. The maximum atomic E-state index is 12.9. The van der Waals surface area contributed by atoms with Crippen LogP contribution < -0.4 is 4.74 Å². The summed E-state index contributed by atoms with van der Waals surface area (Å²) in [4.78, 5) is 0. The molecule has 0 fully saturated rings. The molecule has 13 heavy (non-hydrogen) atoms. The summed E-state index contributed by atoms with van der Waals surface area (Å²) in [5.74, 6) is -3.45. The highest BCUT2D eigenvalue weighted by Gasteiger charge is 2.17. The minimum atomic E-state index is -1.31. The summed E-state index contributed by atoms with van der Waals surface area (Å²) in [6.45, 7) is 1.88. The van der Waals surface area contributed by atoms with Crippen molar-refractivity contribution >= 4 is 15.9 Å². The maximum Gasteiger partial charge on any atom is 0.205 e. The van der Waals surface area contributed by atoms with Gasteiger partial charge < -0.3 is 9.84 Å². The summed E-state index contributed by atoms with van der Waals surface area (Å²) >= 11 is 2.86. The predicted octanol–water partition coefficient (Wildman–Crippen LogP) is 2.83. The molecule has 0 aliphatic heterocycles. The van der Waals surface area contributed by atoms with Crippen molar-refractivity contribution in [3.05, 3.63) is 22.2 Å². The van der Waals surface area contributed by atoms with E-state index in [1.165, 1.54) is 6.07 Å². The molecule has 0 radical (unpaired) electrons. The van der Waals surface area contributed by atoms with Crippen molar-refractivity contribution in [1.82, 2.24) is 0 Å². The maximum absolute atomic E-state index is 12.9. The fourth-order valence-electron chi connectivity index (χ4n) is 0.824. The summed E-state index contributed by atoms with van der Waals surface area (Å²) < 4.78 is 30.7. The van der Waals surface area contributed by atoms with Gasteiger partial charge >= 0.3 is 0 Å². The van der Waals surface area contributed by atoms with Crippen LogP contribution in [0.3, 0.4) is 0 Å². The largest absolute Gasteiger partial charge is 0.504 e. The summed E-state index contributed by atoms with van der Waals surface area (Å²) in [5, 5.41) is 8.96. The predicted molar refractivity (Wildman–Crippen MR) is 46.9 cm³/mol. The van der Waals surface area contributed by atoms with Crippen molar-refractivity contribution in [3.63, 3.8) is 0 Å². The van der Waals surface area contributed by atoms with E-state index in [2.05, 4.69) is 15.9 Å². The number of ether oxygens (including phenoxy) is 1. The number of hydrogen-bond donors (Lipinski definition) is 1. The highest BCUT2D eigenvalue weighted by molar-refractivity contribution is 9.10. The Bertz CT molecular complexity index is 328. The van der Waals surface area contributed by atoms with Gasteiger partial charge in [0.15, 0.2) is 11.5 Å². The molecular weight excluding hydrogens is 246 g/mol. The first-order valence-electron chi connectivity index (χ1n) is 3.57. The molecule has 0 bridgehead atoms. The number of benzene rings is 1. The van der Waals surface area contributed by atoms with E-state index in [1.807, 2.05) is 0 Å². The van der Waals surface area contributed by atoms with E-state index in [4.69, 9.17) is 9.84 Å². The molecule has 1 rings (SSSR count). The Morgan fingerprint density at radius 3 is 2.62 bits per heavy atom. The first-order chi connectivity index (χ1) is 6.07. The van der Waals surface area contributed by atoms with E-state index in [0.29, 0.717) is 0 Å². The third-order valence-electron chi connectivity index (χ3n) is 1.40. The summed E-state index contributed by atoms with van der Waals surface area (Å²) in [7, 11) is 0. The van der Waals surface area contributed by atoms with E-state index < -0.39 is 17.4 Å². The molecule has 0 aliphatic carbocycles. The van der Waals surface area contributed by atoms with Gasteiger partial charge in [-0.3, -0.25) is 0 Å². The van der Waals surface area contributed by atoms with Gasteiger partial charge in [-0.05, 0) is 22.9 Å². The molecule has 0 spiro atoms. The third kappa shape index (κ3) is 1.91. The lowest BCUT2D eigenvalue weighted by molar-refractivity contribution is 0.307. The zero-order valence-electron chi connectivity index (χ0n) is 6.77. The minimum Gasteiger partial charge on any atom is -0.504 e. The second kappa shape index (κ2) is 3.91. The molecule has 0 saturated carbocycles. The Kier molecular flexibility index (Phi) is 3.08. The van der Waals surface area contributed by atoms with Crippen molar-refractivity contribution in [2.45, 2.75) is 6.92 Å². The fourth-order valence-corrected chi connectivity index (χ4v) is 1.21. The molecule has 0 saturated heterocycles. The van der Waals surface area contributed by atoms with Crippen molar-refractivity contribution < 1.29 is 18.6 Å². The van der Waals surface area contributed by atoms with Crippen LogP contribution in [0.1, 0.15) is 6.92 Å². The summed E-state index contributed by atoms with van der Waals surface area (Å²) in [6, 6.07) is 1.18. The van der Waals surface area contributed by atoms with E-state index in [1.54, 1.807) is 6.92 Å². The fraction of sp³-hybridized carbons (Fsp3) is 0.250. The molecule has 72 valence electrons. The van der Waals surface area contributed by atoms with E-state index in [9.17, 15) is 8.78 Å². The zero-order chi connectivity index (χ0) is 10.0. The number of hydrogen-bond acceptors (Lipinski definition) is 2. The average molecular weight is 253 g/mol. The molecule has 0 aliphatic rings. The Hall–Kier alpha value is -0.840. The lowest BCUT2D eigenvalue weighted by atomic mass is 10.3. The molecule has 0 atom stereocenters. The van der Waals surface area contributed by atoms with Crippen LogP contribution in [0.4, 0.5) is 8.78 Å². The Labute approximate surface area is 82.3 Å². The van der Waals surface area contributed by atoms with Gasteiger partial charge in [-0.25, -0.2) is 0 Å². The normalized spacial score (nSPS) is 10.2. The SMILES string of the molecule is CCOc1cc(Br)c(O)c(F)c1F. The molecule has 0 unspecified atom stereocenters. The first-order valence-corrected chi connectivity index (χ1v) is 4.36. The monoisotopic (exact) mass is 252 g/mol. The van der Waals surface area contributed by atoms with Crippen molar-refractivity contribution in [1.29, 1.82) is 0 Å². The smallest absolute Gasteiger partial charge is 0.205 e. The van der Waals surface area contributed by atoms with Crippen molar-refractivity contribution in [2.24, 2.45) is 0 Å². The van der Waals surface area contributed by atoms with Gasteiger partial charge in [0.05, 0.1) is 11.1 Å². The molecule has 1 N–H and O–H groups in total. The highest BCUT2D eigenvalue weighted by atomic mass is 79.9. The van der Waals surface area contributed by atoms with Crippen LogP contribution in [0, 0.1) is 11.6 Å². The second-order valence-electron chi connectivity index (χ2n) is 2.27. The molecule has 2 nitrogen and oxygen atoms in total. The molecule has 1 aromatic carbocycles. The summed E-state index contributed by atoms with van der Waals surface area (Å²) in [6.07, 6.45) is 0. The third-order valence-corrected chi connectivity index (χ3v) is 2.01. The van der Waals surface area contributed by atoms with E-state index in [-0.39, 0.29) is 16.8 Å². The first kappa shape index (κ1) is 10.2. The van der Waals surface area contributed by atoms with E-state index >= 15 is 0 Å². The van der Waals surface area contributed by atoms with Crippen LogP contribution in [0.25, 0.3) is 0 Å². The second-order valence-corrected chi connectivity index (χ2v) is 3.12. The van der Waals surface area contributed by atoms with Gasteiger partial charge in [0.25, 0.3) is 0 Å². The molecule has 0 heterocycles. The molecule has 0 amide bonds. The van der Waals surface area contributed by atoms with Crippen LogP contribution in [-0.2, 0) is 0 Å². The minimum absolute atomic E-state index is 0.0647. The number of phenols is 1. The van der Waals surface area contributed by atoms with E-state index in [0.717, 1.165) is 0 Å². The van der Waals surface area contributed by atoms with Crippen molar-refractivity contribution in [2.75, 3.05) is 6.61 Å². The average Bonchev–Trinajstić information content (AvgIpc) is 2.11. The Balaban J connectivity index is 3.24. The quantitative estimate of drug-likeness (QED) is 0.821. The van der Waals surface area contributed by atoms with Crippen LogP contribution >= 0.6 is 15.9 Å². The van der Waals surface area contributed by atoms with Gasteiger partial charge in [0, 0.05) is 6.07 Å². The topological polar surface area (TPSA) is 29.5 Å². The lowest BCUT2D eigenvalue weighted by Gasteiger charge is -2.07. The number of halogens is 3. The number of phenolic OH excluding ortho intramolecular Hbond substituents is 1. The molecule has 1 aromatic rings. The lowest BCUT2D eigenvalue weighted by Crippen LogP contribution is -1.97. The van der Waals surface area contributed by atoms with Gasteiger partial charge in [-0.15, -0.1) is 0 Å². The zero-order valence-corrected chi connectivity index (χ0v) is 8.36. The van der Waals surface area contributed by atoms with Crippen LogP contribution in [0.5, 0.6) is 11.5 Å². The molecule has 0 aromatic heterocycles.